The van der Waals surface area contributed by atoms with E-state index < -0.39 is 0 Å². The Morgan fingerprint density at radius 3 is 2.87 bits per heavy atom. The highest BCUT2D eigenvalue weighted by molar-refractivity contribution is 4.84. The molecule has 1 rings (SSSR count). The van der Waals surface area contributed by atoms with Gasteiger partial charge in [0.25, 0.3) is 0 Å². The molecule has 2 N–H and O–H groups in total. The summed E-state index contributed by atoms with van der Waals surface area (Å²) >= 11 is 0. The van der Waals surface area contributed by atoms with Crippen molar-refractivity contribution in [2.75, 3.05) is 39.4 Å². The Hall–Kier alpha value is -0.160. The van der Waals surface area contributed by atoms with E-state index in [1.807, 2.05) is 6.92 Å². The van der Waals surface area contributed by atoms with Gasteiger partial charge in [0, 0.05) is 32.8 Å². The Labute approximate surface area is 92.7 Å². The van der Waals surface area contributed by atoms with Gasteiger partial charge in [0.2, 0.25) is 0 Å². The molecular formula is C11H24N2O2. The Balaban J connectivity index is 2.36. The molecule has 1 fully saturated rings. The predicted molar refractivity (Wildman–Crippen MR) is 60.9 cm³/mol. The minimum absolute atomic E-state index is 0.0888. The fourth-order valence-electron chi connectivity index (χ4n) is 2.05. The van der Waals surface area contributed by atoms with Gasteiger partial charge in [-0.2, -0.15) is 0 Å². The maximum Gasteiger partial charge on any atom is 0.0831 e. The van der Waals surface area contributed by atoms with Crippen LogP contribution in [-0.4, -0.2) is 56.0 Å². The number of rotatable bonds is 5. The molecule has 0 aromatic carbocycles. The molecule has 0 amide bonds. The van der Waals surface area contributed by atoms with E-state index in [4.69, 9.17) is 15.2 Å². The Morgan fingerprint density at radius 2 is 2.27 bits per heavy atom. The quantitative estimate of drug-likeness (QED) is 0.678. The molecule has 4 nitrogen and oxygen atoms in total. The van der Waals surface area contributed by atoms with Gasteiger partial charge in [-0.3, -0.25) is 4.90 Å². The zero-order valence-electron chi connectivity index (χ0n) is 10.2. The largest absolute Gasteiger partial charge is 0.380 e. The fraction of sp³-hybridized carbons (Fsp3) is 1.00. The van der Waals surface area contributed by atoms with Crippen molar-refractivity contribution in [2.45, 2.75) is 32.5 Å². The van der Waals surface area contributed by atoms with Crippen LogP contribution in [0.25, 0.3) is 0 Å². The second-order valence-electron chi connectivity index (χ2n) is 4.67. The van der Waals surface area contributed by atoms with Gasteiger partial charge in [0.05, 0.1) is 18.3 Å². The number of morpholine rings is 1. The molecule has 0 saturated carbocycles. The lowest BCUT2D eigenvalue weighted by atomic mass is 10.1. The standard InChI is InChI=1S/C11H24N2O2/c1-4-14-6-5-13-8-10(7-12)15-11(2,3)9-13/h10H,4-9,12H2,1-3H3. The van der Waals surface area contributed by atoms with Crippen molar-refractivity contribution >= 4 is 0 Å². The number of nitrogens with two attached hydrogens (primary N) is 1. The van der Waals surface area contributed by atoms with Gasteiger partial charge in [0.15, 0.2) is 0 Å². The maximum absolute atomic E-state index is 5.85. The van der Waals surface area contributed by atoms with Gasteiger partial charge in [-0.1, -0.05) is 0 Å². The molecule has 1 heterocycles. The summed E-state index contributed by atoms with van der Waals surface area (Å²) in [6.45, 7) is 11.3. The third kappa shape index (κ3) is 4.47. The predicted octanol–water partition coefficient (Wildman–Crippen LogP) is 0.461. The molecule has 0 aromatic heterocycles. The van der Waals surface area contributed by atoms with E-state index in [0.29, 0.717) is 6.54 Å². The highest BCUT2D eigenvalue weighted by Crippen LogP contribution is 2.20. The normalized spacial score (nSPS) is 26.8. The van der Waals surface area contributed by atoms with Crippen molar-refractivity contribution in [3.63, 3.8) is 0 Å². The van der Waals surface area contributed by atoms with E-state index in [1.165, 1.54) is 0 Å². The zero-order chi connectivity index (χ0) is 11.3. The molecule has 0 aromatic rings. The fourth-order valence-corrected chi connectivity index (χ4v) is 2.05. The minimum Gasteiger partial charge on any atom is -0.380 e. The lowest BCUT2D eigenvalue weighted by Crippen LogP contribution is -2.55. The third-order valence-electron chi connectivity index (χ3n) is 2.57. The van der Waals surface area contributed by atoms with E-state index in [-0.39, 0.29) is 11.7 Å². The van der Waals surface area contributed by atoms with Gasteiger partial charge in [-0.25, -0.2) is 0 Å². The van der Waals surface area contributed by atoms with Crippen LogP contribution >= 0.6 is 0 Å². The summed E-state index contributed by atoms with van der Waals surface area (Å²) < 4.78 is 11.2. The topological polar surface area (TPSA) is 47.7 Å². The number of hydrogen-bond acceptors (Lipinski definition) is 4. The summed E-state index contributed by atoms with van der Waals surface area (Å²) in [4.78, 5) is 2.37. The smallest absolute Gasteiger partial charge is 0.0831 e. The lowest BCUT2D eigenvalue weighted by Gasteiger charge is -2.42. The van der Waals surface area contributed by atoms with Crippen LogP contribution in [0.1, 0.15) is 20.8 Å². The number of nitrogens with zero attached hydrogens (tertiary/aromatic N) is 1. The lowest BCUT2D eigenvalue weighted by molar-refractivity contribution is -0.134. The van der Waals surface area contributed by atoms with Crippen molar-refractivity contribution in [3.05, 3.63) is 0 Å². The van der Waals surface area contributed by atoms with Crippen LogP contribution in [0.5, 0.6) is 0 Å². The van der Waals surface area contributed by atoms with Crippen LogP contribution in [0.15, 0.2) is 0 Å². The first kappa shape index (κ1) is 12.9. The van der Waals surface area contributed by atoms with Crippen LogP contribution in [0.4, 0.5) is 0 Å². The molecule has 1 aliphatic heterocycles. The van der Waals surface area contributed by atoms with Crippen LogP contribution < -0.4 is 5.73 Å². The number of hydrogen-bond donors (Lipinski definition) is 1. The first-order valence-corrected chi connectivity index (χ1v) is 5.75. The zero-order valence-corrected chi connectivity index (χ0v) is 10.2. The molecule has 1 saturated heterocycles. The van der Waals surface area contributed by atoms with E-state index in [2.05, 4.69) is 18.7 Å². The average Bonchev–Trinajstić information content (AvgIpc) is 2.16. The highest BCUT2D eigenvalue weighted by atomic mass is 16.5. The molecule has 15 heavy (non-hydrogen) atoms. The van der Waals surface area contributed by atoms with E-state index >= 15 is 0 Å². The highest BCUT2D eigenvalue weighted by Gasteiger charge is 2.32. The minimum atomic E-state index is -0.0888. The molecule has 0 aliphatic carbocycles. The Kier molecular flexibility index (Phi) is 4.99. The second-order valence-corrected chi connectivity index (χ2v) is 4.67. The molecule has 1 atom stereocenters. The Bertz CT molecular complexity index is 185. The average molecular weight is 216 g/mol. The van der Waals surface area contributed by atoms with Gasteiger partial charge < -0.3 is 15.2 Å². The van der Waals surface area contributed by atoms with Crippen LogP contribution in [-0.2, 0) is 9.47 Å². The molecule has 0 bridgehead atoms. The van der Waals surface area contributed by atoms with Crippen LogP contribution in [0.3, 0.4) is 0 Å². The molecule has 0 radical (unpaired) electrons. The van der Waals surface area contributed by atoms with Crippen LogP contribution in [0, 0.1) is 0 Å². The van der Waals surface area contributed by atoms with Crippen LogP contribution in [0.2, 0.25) is 0 Å². The van der Waals surface area contributed by atoms with E-state index in [1.54, 1.807) is 0 Å². The summed E-state index contributed by atoms with van der Waals surface area (Å²) in [5, 5.41) is 0. The first-order chi connectivity index (χ1) is 7.07. The molecular weight excluding hydrogens is 192 g/mol. The van der Waals surface area contributed by atoms with E-state index in [9.17, 15) is 0 Å². The maximum atomic E-state index is 5.85. The van der Waals surface area contributed by atoms with Crippen molar-refractivity contribution in [1.82, 2.24) is 4.90 Å². The SMILES string of the molecule is CCOCCN1CC(CN)OC(C)(C)C1. The molecule has 1 aliphatic rings. The molecule has 90 valence electrons. The second kappa shape index (κ2) is 5.80. The van der Waals surface area contributed by atoms with Gasteiger partial charge >= 0.3 is 0 Å². The van der Waals surface area contributed by atoms with Crippen molar-refractivity contribution in [2.24, 2.45) is 5.73 Å². The molecule has 1 unspecified atom stereocenters. The van der Waals surface area contributed by atoms with Gasteiger partial charge in [-0.15, -0.1) is 0 Å². The third-order valence-corrected chi connectivity index (χ3v) is 2.57. The summed E-state index contributed by atoms with van der Waals surface area (Å²) in [7, 11) is 0. The molecule has 4 heteroatoms. The number of ether oxygens (including phenoxy) is 2. The van der Waals surface area contributed by atoms with Crippen molar-refractivity contribution in [3.8, 4) is 0 Å². The van der Waals surface area contributed by atoms with Gasteiger partial charge in [-0.05, 0) is 20.8 Å². The molecule has 0 spiro atoms. The monoisotopic (exact) mass is 216 g/mol. The first-order valence-electron chi connectivity index (χ1n) is 5.75. The summed E-state index contributed by atoms with van der Waals surface area (Å²) in [5.74, 6) is 0. The van der Waals surface area contributed by atoms with Crippen molar-refractivity contribution < 1.29 is 9.47 Å². The summed E-state index contributed by atoms with van der Waals surface area (Å²) in [6, 6.07) is 0. The van der Waals surface area contributed by atoms with E-state index in [0.717, 1.165) is 32.8 Å². The summed E-state index contributed by atoms with van der Waals surface area (Å²) in [6.07, 6.45) is 0.162. The Morgan fingerprint density at radius 1 is 1.53 bits per heavy atom. The van der Waals surface area contributed by atoms with Crippen molar-refractivity contribution in [1.29, 1.82) is 0 Å². The summed E-state index contributed by atoms with van der Waals surface area (Å²) in [5.41, 5.74) is 5.57. The van der Waals surface area contributed by atoms with Gasteiger partial charge in [0.1, 0.15) is 0 Å².